The molecule has 0 saturated carbocycles. The molecule has 0 saturated heterocycles. The number of hydrogen-bond donors (Lipinski definition) is 1. The Morgan fingerprint density at radius 2 is 1.83 bits per heavy atom. The Bertz CT molecular complexity index is 1700. The van der Waals surface area contributed by atoms with Gasteiger partial charge in [-0.2, -0.15) is 5.26 Å². The standard InChI is InChI=1S/C32H29BrN4O5/c1-18-13-20(17-42-22-9-7-21(33)8-10-22)19(2)24(14-18)30-25(16-34)32(35)36(27-5-4-6-29(38)31(27)30)26-12-11-23(41-3)15-28(26)37(39)40/h7-15,30H,4-6,17,35H2,1-3H3. The van der Waals surface area contributed by atoms with Crippen molar-refractivity contribution in [2.75, 3.05) is 12.0 Å². The smallest absolute Gasteiger partial charge is 0.296 e. The molecule has 0 radical (unpaired) electrons. The number of anilines is 1. The van der Waals surface area contributed by atoms with Crippen molar-refractivity contribution >= 4 is 33.1 Å². The number of allylic oxidation sites excluding steroid dienone is 3. The molecule has 1 atom stereocenters. The van der Waals surface area contributed by atoms with Crippen LogP contribution in [0.15, 0.2) is 81.7 Å². The number of methoxy groups -OCH3 is 1. The highest BCUT2D eigenvalue weighted by atomic mass is 79.9. The first-order valence-electron chi connectivity index (χ1n) is 13.4. The van der Waals surface area contributed by atoms with E-state index in [4.69, 9.17) is 15.2 Å². The minimum absolute atomic E-state index is 0.0674. The monoisotopic (exact) mass is 628 g/mol. The third-order valence-electron chi connectivity index (χ3n) is 7.75. The molecule has 0 amide bonds. The van der Waals surface area contributed by atoms with E-state index in [1.807, 2.05) is 50.2 Å². The number of halogens is 1. The van der Waals surface area contributed by atoms with Crippen LogP contribution in [0, 0.1) is 35.3 Å². The number of benzene rings is 3. The predicted octanol–water partition coefficient (Wildman–Crippen LogP) is 6.87. The molecular formula is C32H29BrN4O5. The van der Waals surface area contributed by atoms with Crippen molar-refractivity contribution in [3.63, 3.8) is 0 Å². The zero-order valence-corrected chi connectivity index (χ0v) is 25.0. The molecule has 2 N–H and O–H groups in total. The van der Waals surface area contributed by atoms with Crippen molar-refractivity contribution in [3.05, 3.63) is 114 Å². The lowest BCUT2D eigenvalue weighted by Crippen LogP contribution is -2.39. The number of carbonyl (C=O) groups excluding carboxylic acids is 1. The Morgan fingerprint density at radius 3 is 2.50 bits per heavy atom. The molecule has 1 unspecified atom stereocenters. The molecule has 0 aromatic heterocycles. The molecule has 0 spiro atoms. The molecular weight excluding hydrogens is 600 g/mol. The highest BCUT2D eigenvalue weighted by Gasteiger charge is 2.42. The second-order valence-corrected chi connectivity index (χ2v) is 11.2. The number of ether oxygens (including phenoxy) is 2. The first-order valence-corrected chi connectivity index (χ1v) is 14.2. The van der Waals surface area contributed by atoms with Crippen molar-refractivity contribution < 1.29 is 19.2 Å². The summed E-state index contributed by atoms with van der Waals surface area (Å²) in [6.07, 6.45) is 1.36. The van der Waals surface area contributed by atoms with E-state index < -0.39 is 10.8 Å². The van der Waals surface area contributed by atoms with Crippen LogP contribution in [0.5, 0.6) is 11.5 Å². The van der Waals surface area contributed by atoms with Gasteiger partial charge in [0.25, 0.3) is 5.69 Å². The summed E-state index contributed by atoms with van der Waals surface area (Å²) in [6, 6.07) is 18.3. The molecule has 2 aliphatic rings. The van der Waals surface area contributed by atoms with Crippen LogP contribution in [-0.2, 0) is 11.4 Å². The number of nitrogens with zero attached hydrogens (tertiary/aromatic N) is 3. The van der Waals surface area contributed by atoms with E-state index in [1.54, 1.807) is 12.1 Å². The summed E-state index contributed by atoms with van der Waals surface area (Å²) in [5.74, 6) is 0.279. The van der Waals surface area contributed by atoms with E-state index in [2.05, 4.69) is 22.0 Å². The fourth-order valence-corrected chi connectivity index (χ4v) is 6.01. The third-order valence-corrected chi connectivity index (χ3v) is 8.28. The van der Waals surface area contributed by atoms with E-state index >= 15 is 0 Å². The Morgan fingerprint density at radius 1 is 1.12 bits per heavy atom. The molecule has 0 fully saturated rings. The lowest BCUT2D eigenvalue weighted by molar-refractivity contribution is -0.384. The summed E-state index contributed by atoms with van der Waals surface area (Å²) in [5, 5.41) is 22.6. The van der Waals surface area contributed by atoms with E-state index in [0.29, 0.717) is 48.6 Å². The third kappa shape index (κ3) is 5.23. The van der Waals surface area contributed by atoms with Gasteiger partial charge in [-0.3, -0.25) is 19.8 Å². The van der Waals surface area contributed by atoms with Gasteiger partial charge in [-0.05, 0) is 79.8 Å². The number of aryl methyl sites for hydroxylation is 1. The fraction of sp³-hybridized carbons (Fsp3) is 0.250. The Kier molecular flexibility index (Phi) is 8.05. The molecule has 214 valence electrons. The van der Waals surface area contributed by atoms with Crippen LogP contribution < -0.4 is 20.1 Å². The highest BCUT2D eigenvalue weighted by Crippen LogP contribution is 2.49. The summed E-state index contributed by atoms with van der Waals surface area (Å²) in [6.45, 7) is 4.20. The summed E-state index contributed by atoms with van der Waals surface area (Å²) >= 11 is 3.43. The van der Waals surface area contributed by atoms with Crippen molar-refractivity contribution in [1.82, 2.24) is 0 Å². The molecule has 5 rings (SSSR count). The first kappa shape index (κ1) is 28.9. The number of ketones is 1. The minimum Gasteiger partial charge on any atom is -0.496 e. The second-order valence-electron chi connectivity index (χ2n) is 10.3. The maximum atomic E-state index is 13.7. The van der Waals surface area contributed by atoms with Crippen LogP contribution in [0.2, 0.25) is 0 Å². The molecule has 3 aromatic rings. The Labute approximate surface area is 252 Å². The van der Waals surface area contributed by atoms with Gasteiger partial charge >= 0.3 is 0 Å². The van der Waals surface area contributed by atoms with Crippen LogP contribution in [0.4, 0.5) is 11.4 Å². The van der Waals surface area contributed by atoms with Crippen molar-refractivity contribution in [2.24, 2.45) is 5.73 Å². The SMILES string of the molecule is COc1ccc(N2C(N)=C(C#N)C(c3cc(C)cc(COc4ccc(Br)cc4)c3C)C3=C2CCCC3=O)c([N+](=O)[O-])c1. The van der Waals surface area contributed by atoms with Crippen molar-refractivity contribution in [3.8, 4) is 17.6 Å². The van der Waals surface area contributed by atoms with Crippen molar-refractivity contribution in [2.45, 2.75) is 45.6 Å². The first-order chi connectivity index (χ1) is 20.1. The Balaban J connectivity index is 1.66. The zero-order chi connectivity index (χ0) is 30.1. The quantitative estimate of drug-likeness (QED) is 0.221. The average Bonchev–Trinajstić information content (AvgIpc) is 2.97. The van der Waals surface area contributed by atoms with E-state index in [1.165, 1.54) is 18.1 Å². The van der Waals surface area contributed by atoms with E-state index in [9.17, 15) is 20.2 Å². The number of rotatable bonds is 7. The molecule has 1 heterocycles. The zero-order valence-electron chi connectivity index (χ0n) is 23.4. The maximum Gasteiger partial charge on any atom is 0.296 e. The van der Waals surface area contributed by atoms with E-state index in [0.717, 1.165) is 26.7 Å². The normalized spacial score (nSPS) is 16.7. The summed E-state index contributed by atoms with van der Waals surface area (Å²) in [4.78, 5) is 26.8. The van der Waals surface area contributed by atoms with Gasteiger partial charge in [0.15, 0.2) is 5.78 Å². The van der Waals surface area contributed by atoms with Gasteiger partial charge in [0.05, 0.1) is 35.7 Å². The molecule has 3 aromatic carbocycles. The summed E-state index contributed by atoms with van der Waals surface area (Å²) in [5.41, 5.74) is 11.4. The van der Waals surface area contributed by atoms with Gasteiger partial charge in [0.2, 0.25) is 0 Å². The van der Waals surface area contributed by atoms with Crippen LogP contribution in [0.25, 0.3) is 0 Å². The van der Waals surface area contributed by atoms with Crippen LogP contribution in [0.1, 0.15) is 47.4 Å². The lowest BCUT2D eigenvalue weighted by atomic mass is 9.73. The molecule has 1 aliphatic heterocycles. The topological polar surface area (TPSA) is 132 Å². The number of nitriles is 1. The molecule has 0 bridgehead atoms. The average molecular weight is 630 g/mol. The Hall–Kier alpha value is -4.62. The van der Waals surface area contributed by atoms with Gasteiger partial charge in [-0.1, -0.05) is 33.6 Å². The number of nitro benzene ring substituents is 1. The number of Topliss-reactive ketones (excluding diaryl/α,β-unsaturated/α-hetero) is 1. The largest absolute Gasteiger partial charge is 0.496 e. The van der Waals surface area contributed by atoms with Crippen LogP contribution >= 0.6 is 15.9 Å². The van der Waals surface area contributed by atoms with Crippen LogP contribution in [-0.4, -0.2) is 17.8 Å². The van der Waals surface area contributed by atoms with Gasteiger partial charge < -0.3 is 15.2 Å². The second kappa shape index (κ2) is 11.7. The summed E-state index contributed by atoms with van der Waals surface area (Å²) < 4.78 is 12.2. The molecule has 10 heteroatoms. The number of carbonyl (C=O) groups is 1. The fourth-order valence-electron chi connectivity index (χ4n) is 5.74. The minimum atomic E-state index is -0.710. The highest BCUT2D eigenvalue weighted by molar-refractivity contribution is 9.10. The molecule has 1 aliphatic carbocycles. The number of hydrogen-bond acceptors (Lipinski definition) is 8. The predicted molar refractivity (Wildman–Crippen MR) is 162 cm³/mol. The van der Waals surface area contributed by atoms with Gasteiger partial charge in [0.1, 0.15) is 29.6 Å². The van der Waals surface area contributed by atoms with Crippen LogP contribution in [0.3, 0.4) is 0 Å². The molecule has 42 heavy (non-hydrogen) atoms. The van der Waals surface area contributed by atoms with Gasteiger partial charge in [0, 0.05) is 22.2 Å². The van der Waals surface area contributed by atoms with Gasteiger partial charge in [-0.15, -0.1) is 0 Å². The molecule has 9 nitrogen and oxygen atoms in total. The maximum absolute atomic E-state index is 13.7. The van der Waals surface area contributed by atoms with Crippen molar-refractivity contribution in [1.29, 1.82) is 5.26 Å². The lowest BCUT2D eigenvalue weighted by Gasteiger charge is -2.40. The summed E-state index contributed by atoms with van der Waals surface area (Å²) in [7, 11) is 1.43. The number of nitro groups is 1. The van der Waals surface area contributed by atoms with Gasteiger partial charge in [-0.25, -0.2) is 0 Å². The number of nitrogens with two attached hydrogens (primary N) is 1. The van der Waals surface area contributed by atoms with E-state index in [-0.39, 0.29) is 28.6 Å².